The van der Waals surface area contributed by atoms with E-state index in [9.17, 15) is 18.0 Å². The molecule has 1 heterocycles. The Labute approximate surface area is 208 Å². The summed E-state index contributed by atoms with van der Waals surface area (Å²) in [5, 5.41) is 10.6. The molecular formula is C24H27N5O6S. The standard InChI is InChI=1S/C24H27N5O6S/c1-14-6-7-15(10-20(14)29-13-19(26-28-29)23(31)35-4)22(30)25-17-11-16(24(2)8-9-24)12-18(21(17)34-3)27-36(5,32)33/h6-7,10-13,27H,8-9H2,1-5H3,(H,25,30). The summed E-state index contributed by atoms with van der Waals surface area (Å²) in [6.45, 7) is 3.92. The number of amides is 1. The van der Waals surface area contributed by atoms with Gasteiger partial charge in [-0.15, -0.1) is 5.10 Å². The number of nitrogens with one attached hydrogen (secondary N) is 2. The van der Waals surface area contributed by atoms with Gasteiger partial charge in [0.25, 0.3) is 5.91 Å². The van der Waals surface area contributed by atoms with Crippen molar-refractivity contribution in [2.45, 2.75) is 32.1 Å². The van der Waals surface area contributed by atoms with Crippen LogP contribution in [-0.2, 0) is 20.2 Å². The molecule has 4 rings (SSSR count). The number of hydrogen-bond acceptors (Lipinski definition) is 8. The number of methoxy groups -OCH3 is 2. The second kappa shape index (κ2) is 9.26. The van der Waals surface area contributed by atoms with E-state index in [1.165, 1.54) is 25.1 Å². The Kier molecular flexibility index (Phi) is 6.48. The fraction of sp³-hybridized carbons (Fsp3) is 0.333. The number of ether oxygens (including phenoxy) is 2. The van der Waals surface area contributed by atoms with Crippen LogP contribution < -0.4 is 14.8 Å². The zero-order chi connectivity index (χ0) is 26.3. The van der Waals surface area contributed by atoms with Gasteiger partial charge in [-0.2, -0.15) is 0 Å². The number of nitrogens with zero attached hydrogens (tertiary/aromatic N) is 3. The molecule has 0 radical (unpaired) electrons. The summed E-state index contributed by atoms with van der Waals surface area (Å²) >= 11 is 0. The third-order valence-electron chi connectivity index (χ3n) is 6.14. The summed E-state index contributed by atoms with van der Waals surface area (Å²) in [7, 11) is -0.929. The molecule has 0 bridgehead atoms. The van der Waals surface area contributed by atoms with Gasteiger partial charge in [-0.3, -0.25) is 9.52 Å². The van der Waals surface area contributed by atoms with Crippen molar-refractivity contribution in [3.05, 3.63) is 58.9 Å². The van der Waals surface area contributed by atoms with Gasteiger partial charge in [0.15, 0.2) is 11.4 Å². The minimum absolute atomic E-state index is 0.0350. The predicted molar refractivity (Wildman–Crippen MR) is 133 cm³/mol. The summed E-state index contributed by atoms with van der Waals surface area (Å²) in [6, 6.07) is 8.58. The Morgan fingerprint density at radius 1 is 1.11 bits per heavy atom. The van der Waals surface area contributed by atoms with Crippen molar-refractivity contribution in [1.82, 2.24) is 15.0 Å². The molecule has 190 valence electrons. The van der Waals surface area contributed by atoms with Crippen LogP contribution in [-0.4, -0.2) is 55.8 Å². The number of carbonyl (C=O) groups excluding carboxylic acids is 2. The van der Waals surface area contributed by atoms with Crippen molar-refractivity contribution in [2.75, 3.05) is 30.5 Å². The van der Waals surface area contributed by atoms with E-state index in [-0.39, 0.29) is 22.5 Å². The second-order valence-electron chi connectivity index (χ2n) is 9.03. The van der Waals surface area contributed by atoms with E-state index in [4.69, 9.17) is 4.74 Å². The van der Waals surface area contributed by atoms with Crippen molar-refractivity contribution in [1.29, 1.82) is 0 Å². The van der Waals surface area contributed by atoms with E-state index >= 15 is 0 Å². The van der Waals surface area contributed by atoms with E-state index in [0.717, 1.165) is 30.2 Å². The topological polar surface area (TPSA) is 142 Å². The highest BCUT2D eigenvalue weighted by atomic mass is 32.2. The molecular weight excluding hydrogens is 486 g/mol. The lowest BCUT2D eigenvalue weighted by Crippen LogP contribution is -2.17. The van der Waals surface area contributed by atoms with Crippen molar-refractivity contribution in [3.8, 4) is 11.4 Å². The highest BCUT2D eigenvalue weighted by Crippen LogP contribution is 2.50. The van der Waals surface area contributed by atoms with Crippen LogP contribution >= 0.6 is 0 Å². The fourth-order valence-corrected chi connectivity index (χ4v) is 4.36. The van der Waals surface area contributed by atoms with Crippen molar-refractivity contribution < 1.29 is 27.5 Å². The fourth-order valence-electron chi connectivity index (χ4n) is 3.81. The van der Waals surface area contributed by atoms with Crippen LogP contribution in [0, 0.1) is 6.92 Å². The Morgan fingerprint density at radius 2 is 1.81 bits per heavy atom. The Balaban J connectivity index is 1.70. The largest absolute Gasteiger partial charge is 0.492 e. The van der Waals surface area contributed by atoms with E-state index in [1.807, 2.05) is 13.0 Å². The summed E-state index contributed by atoms with van der Waals surface area (Å²) in [5.74, 6) is -0.859. The van der Waals surface area contributed by atoms with Gasteiger partial charge in [-0.05, 0) is 60.6 Å². The number of benzene rings is 2. The molecule has 1 aliphatic carbocycles. The van der Waals surface area contributed by atoms with Crippen LogP contribution in [0.2, 0.25) is 0 Å². The SMILES string of the molecule is COC(=O)c1cn(-c2cc(C(=O)Nc3cc(C4(C)CC4)cc(NS(C)(=O)=O)c3OC)ccc2C)nn1. The molecule has 11 nitrogen and oxygen atoms in total. The van der Waals surface area contributed by atoms with Gasteiger partial charge < -0.3 is 14.8 Å². The first-order valence-electron chi connectivity index (χ1n) is 11.1. The lowest BCUT2D eigenvalue weighted by molar-refractivity contribution is 0.0593. The quantitative estimate of drug-likeness (QED) is 0.438. The lowest BCUT2D eigenvalue weighted by Gasteiger charge is -2.19. The monoisotopic (exact) mass is 513 g/mol. The molecule has 3 aromatic rings. The summed E-state index contributed by atoms with van der Waals surface area (Å²) in [4.78, 5) is 25.0. The molecule has 0 spiro atoms. The number of rotatable bonds is 8. The van der Waals surface area contributed by atoms with E-state index < -0.39 is 21.9 Å². The smallest absolute Gasteiger partial charge is 0.360 e. The first-order chi connectivity index (χ1) is 16.9. The van der Waals surface area contributed by atoms with E-state index in [2.05, 4.69) is 32.0 Å². The first kappa shape index (κ1) is 25.2. The maximum Gasteiger partial charge on any atom is 0.360 e. The molecule has 0 atom stereocenters. The second-order valence-corrected chi connectivity index (χ2v) is 10.8. The molecule has 36 heavy (non-hydrogen) atoms. The third kappa shape index (κ3) is 5.18. The summed E-state index contributed by atoms with van der Waals surface area (Å²) in [6.07, 6.45) is 4.39. The normalized spacial score (nSPS) is 14.1. The Hall–Kier alpha value is -3.93. The number of sulfonamides is 1. The number of aromatic nitrogens is 3. The highest BCUT2D eigenvalue weighted by Gasteiger charge is 2.40. The van der Waals surface area contributed by atoms with Crippen LogP contribution in [0.4, 0.5) is 11.4 Å². The van der Waals surface area contributed by atoms with Crippen LogP contribution in [0.1, 0.15) is 51.7 Å². The van der Waals surface area contributed by atoms with Gasteiger partial charge in [-0.25, -0.2) is 17.9 Å². The van der Waals surface area contributed by atoms with Crippen LogP contribution in [0.15, 0.2) is 36.5 Å². The number of esters is 1. The summed E-state index contributed by atoms with van der Waals surface area (Å²) < 4.78 is 38.0. The Bertz CT molecular complexity index is 1460. The van der Waals surface area contributed by atoms with Crippen LogP contribution in [0.25, 0.3) is 5.69 Å². The number of hydrogen-bond donors (Lipinski definition) is 2. The van der Waals surface area contributed by atoms with Gasteiger partial charge in [0.1, 0.15) is 0 Å². The maximum atomic E-state index is 13.3. The molecule has 2 aromatic carbocycles. The van der Waals surface area contributed by atoms with Crippen molar-refractivity contribution in [2.24, 2.45) is 0 Å². The molecule has 1 aliphatic rings. The summed E-state index contributed by atoms with van der Waals surface area (Å²) in [5.41, 5.74) is 3.10. The number of carbonyl (C=O) groups is 2. The number of aryl methyl sites for hydroxylation is 1. The van der Waals surface area contributed by atoms with E-state index in [1.54, 1.807) is 24.3 Å². The molecule has 1 aromatic heterocycles. The first-order valence-corrected chi connectivity index (χ1v) is 13.0. The van der Waals surface area contributed by atoms with Gasteiger partial charge in [0, 0.05) is 5.56 Å². The zero-order valence-corrected chi connectivity index (χ0v) is 21.4. The third-order valence-corrected chi connectivity index (χ3v) is 6.73. The predicted octanol–water partition coefficient (Wildman–Crippen LogP) is 3.05. The molecule has 12 heteroatoms. The molecule has 1 saturated carbocycles. The maximum absolute atomic E-state index is 13.3. The number of anilines is 2. The van der Waals surface area contributed by atoms with Gasteiger partial charge in [-0.1, -0.05) is 18.2 Å². The molecule has 1 amide bonds. The highest BCUT2D eigenvalue weighted by molar-refractivity contribution is 7.92. The average molecular weight is 514 g/mol. The van der Waals surface area contributed by atoms with Crippen molar-refractivity contribution in [3.63, 3.8) is 0 Å². The molecule has 0 aliphatic heterocycles. The zero-order valence-electron chi connectivity index (χ0n) is 20.6. The van der Waals surface area contributed by atoms with Crippen molar-refractivity contribution >= 4 is 33.3 Å². The van der Waals surface area contributed by atoms with Gasteiger partial charge in [0.05, 0.1) is 43.7 Å². The molecule has 1 fully saturated rings. The average Bonchev–Trinajstić information content (AvgIpc) is 3.38. The molecule has 0 saturated heterocycles. The van der Waals surface area contributed by atoms with Crippen LogP contribution in [0.3, 0.4) is 0 Å². The minimum atomic E-state index is -3.59. The molecule has 2 N–H and O–H groups in total. The van der Waals surface area contributed by atoms with Crippen LogP contribution in [0.5, 0.6) is 5.75 Å². The van der Waals surface area contributed by atoms with E-state index in [0.29, 0.717) is 16.9 Å². The van der Waals surface area contributed by atoms with Gasteiger partial charge >= 0.3 is 5.97 Å². The minimum Gasteiger partial charge on any atom is -0.492 e. The Morgan fingerprint density at radius 3 is 2.42 bits per heavy atom. The van der Waals surface area contributed by atoms with Gasteiger partial charge in [0.2, 0.25) is 10.0 Å². The lowest BCUT2D eigenvalue weighted by atomic mass is 9.96. The molecule has 0 unspecified atom stereocenters.